The third-order valence-corrected chi connectivity index (χ3v) is 5.90. The van der Waals surface area contributed by atoms with Gasteiger partial charge in [-0.1, -0.05) is 74.5 Å². The minimum Gasteiger partial charge on any atom is -0.497 e. The van der Waals surface area contributed by atoms with Crippen LogP contribution in [0.1, 0.15) is 36.5 Å². The van der Waals surface area contributed by atoms with E-state index < -0.39 is 6.04 Å². The van der Waals surface area contributed by atoms with Gasteiger partial charge in [0.25, 0.3) is 5.91 Å². The van der Waals surface area contributed by atoms with Gasteiger partial charge in [0, 0.05) is 20.0 Å². The minimum atomic E-state index is -0.704. The average molecular weight is 475 g/mol. The number of carbonyl (C=O) groups excluding carboxylic acids is 2. The van der Waals surface area contributed by atoms with Crippen molar-refractivity contribution in [1.82, 2.24) is 10.2 Å². The second-order valence-electron chi connectivity index (χ2n) is 8.67. The number of rotatable bonds is 11. The lowest BCUT2D eigenvalue weighted by Gasteiger charge is -2.31. The Morgan fingerprint density at radius 2 is 1.60 bits per heavy atom. The molecule has 0 aliphatic heterocycles. The molecule has 3 aromatic rings. The maximum absolute atomic E-state index is 13.6. The Labute approximate surface area is 207 Å². The SMILES string of the molecule is CNC(=O)[C@@H](Cc1ccccc1)N(Cc1cccc(OC)c1)C(=O)COc1ccccc1C(C)C. The van der Waals surface area contributed by atoms with E-state index in [0.29, 0.717) is 17.9 Å². The standard InChI is InChI=1S/C29H34N2O4/c1-21(2)25-15-8-9-16-27(25)35-20-28(32)31(19-23-13-10-14-24(17-23)34-4)26(29(33)30-3)18-22-11-6-5-7-12-22/h5-17,21,26H,18-20H2,1-4H3,(H,30,33)/t26-/m1/s1. The van der Waals surface area contributed by atoms with E-state index in [1.54, 1.807) is 19.1 Å². The molecule has 0 aliphatic carbocycles. The first kappa shape index (κ1) is 25.8. The highest BCUT2D eigenvalue weighted by atomic mass is 16.5. The zero-order chi connectivity index (χ0) is 25.2. The number of amides is 2. The summed E-state index contributed by atoms with van der Waals surface area (Å²) in [5.41, 5.74) is 2.87. The molecule has 0 unspecified atom stereocenters. The summed E-state index contributed by atoms with van der Waals surface area (Å²) in [5.74, 6) is 1.13. The molecule has 6 nitrogen and oxygen atoms in total. The molecule has 0 aromatic heterocycles. The van der Waals surface area contributed by atoms with Gasteiger partial charge >= 0.3 is 0 Å². The molecule has 0 bridgehead atoms. The molecule has 3 aromatic carbocycles. The fourth-order valence-electron chi connectivity index (χ4n) is 4.00. The summed E-state index contributed by atoms with van der Waals surface area (Å²) < 4.78 is 11.3. The molecule has 0 heterocycles. The third kappa shape index (κ3) is 7.09. The second-order valence-corrected chi connectivity index (χ2v) is 8.67. The number of methoxy groups -OCH3 is 1. The molecule has 0 spiro atoms. The van der Waals surface area contributed by atoms with Gasteiger partial charge in [-0.05, 0) is 40.8 Å². The Bertz CT molecular complexity index is 1110. The van der Waals surface area contributed by atoms with Gasteiger partial charge in [0.05, 0.1) is 7.11 Å². The molecule has 184 valence electrons. The number of nitrogens with zero attached hydrogens (tertiary/aromatic N) is 1. The van der Waals surface area contributed by atoms with Crippen LogP contribution in [0, 0.1) is 0 Å². The number of benzene rings is 3. The van der Waals surface area contributed by atoms with Gasteiger partial charge in [-0.2, -0.15) is 0 Å². The van der Waals surface area contributed by atoms with E-state index in [0.717, 1.165) is 16.7 Å². The van der Waals surface area contributed by atoms with Gasteiger partial charge in [-0.15, -0.1) is 0 Å². The van der Waals surface area contributed by atoms with Crippen molar-refractivity contribution < 1.29 is 19.1 Å². The molecule has 1 N–H and O–H groups in total. The van der Waals surface area contributed by atoms with Crippen LogP contribution in [0.3, 0.4) is 0 Å². The van der Waals surface area contributed by atoms with Crippen molar-refractivity contribution in [2.75, 3.05) is 20.8 Å². The third-order valence-electron chi connectivity index (χ3n) is 5.90. The van der Waals surface area contributed by atoms with E-state index in [9.17, 15) is 9.59 Å². The summed E-state index contributed by atoms with van der Waals surface area (Å²) in [5, 5.41) is 2.73. The van der Waals surface area contributed by atoms with Crippen LogP contribution in [-0.2, 0) is 22.6 Å². The van der Waals surface area contributed by atoms with E-state index in [1.807, 2.05) is 78.9 Å². The van der Waals surface area contributed by atoms with Crippen LogP contribution in [0.4, 0.5) is 0 Å². The van der Waals surface area contributed by atoms with Crippen LogP contribution in [-0.4, -0.2) is 43.5 Å². The van der Waals surface area contributed by atoms with Gasteiger partial charge in [-0.25, -0.2) is 0 Å². The summed E-state index contributed by atoms with van der Waals surface area (Å²) in [4.78, 5) is 28.2. The van der Waals surface area contributed by atoms with Crippen molar-refractivity contribution in [3.63, 3.8) is 0 Å². The van der Waals surface area contributed by atoms with Crippen LogP contribution < -0.4 is 14.8 Å². The Hall–Kier alpha value is -3.80. The van der Waals surface area contributed by atoms with Crippen LogP contribution >= 0.6 is 0 Å². The molecule has 2 amide bonds. The molecule has 0 radical (unpaired) electrons. The van der Waals surface area contributed by atoms with Gasteiger partial charge in [-0.3, -0.25) is 9.59 Å². The van der Waals surface area contributed by atoms with E-state index in [1.165, 1.54) is 0 Å². The number of carbonyl (C=O) groups is 2. The molecule has 0 fully saturated rings. The topological polar surface area (TPSA) is 67.9 Å². The zero-order valence-electron chi connectivity index (χ0n) is 20.9. The number of ether oxygens (including phenoxy) is 2. The summed E-state index contributed by atoms with van der Waals surface area (Å²) >= 11 is 0. The summed E-state index contributed by atoms with van der Waals surface area (Å²) in [6.07, 6.45) is 0.388. The monoisotopic (exact) mass is 474 g/mol. The Morgan fingerprint density at radius 3 is 2.29 bits per heavy atom. The van der Waals surface area contributed by atoms with E-state index in [4.69, 9.17) is 9.47 Å². The van der Waals surface area contributed by atoms with Crippen molar-refractivity contribution in [3.8, 4) is 11.5 Å². The Morgan fingerprint density at radius 1 is 0.914 bits per heavy atom. The smallest absolute Gasteiger partial charge is 0.261 e. The molecular weight excluding hydrogens is 440 g/mol. The highest BCUT2D eigenvalue weighted by Gasteiger charge is 2.30. The molecule has 6 heteroatoms. The molecule has 1 atom stereocenters. The highest BCUT2D eigenvalue weighted by molar-refractivity contribution is 5.88. The van der Waals surface area contributed by atoms with Crippen LogP contribution in [0.15, 0.2) is 78.9 Å². The van der Waals surface area contributed by atoms with E-state index in [2.05, 4.69) is 19.2 Å². The summed E-state index contributed by atoms with van der Waals surface area (Å²) in [7, 11) is 3.19. The molecule has 0 aliphatic rings. The Kier molecular flexibility index (Phi) is 9.30. The van der Waals surface area contributed by atoms with E-state index >= 15 is 0 Å². The van der Waals surface area contributed by atoms with Gasteiger partial charge in [0.1, 0.15) is 17.5 Å². The van der Waals surface area contributed by atoms with Crippen molar-refractivity contribution in [2.45, 2.75) is 38.8 Å². The lowest BCUT2D eigenvalue weighted by atomic mass is 10.0. The van der Waals surface area contributed by atoms with Gasteiger partial charge < -0.3 is 19.7 Å². The first-order valence-electron chi connectivity index (χ1n) is 11.8. The molecule has 35 heavy (non-hydrogen) atoms. The predicted molar refractivity (Wildman–Crippen MR) is 138 cm³/mol. The van der Waals surface area contributed by atoms with Crippen molar-refractivity contribution in [1.29, 1.82) is 0 Å². The van der Waals surface area contributed by atoms with Gasteiger partial charge in [0.15, 0.2) is 6.61 Å². The van der Waals surface area contributed by atoms with Crippen LogP contribution in [0.5, 0.6) is 11.5 Å². The fourth-order valence-corrected chi connectivity index (χ4v) is 4.00. The maximum atomic E-state index is 13.6. The number of para-hydroxylation sites is 1. The molecular formula is C29H34N2O4. The zero-order valence-corrected chi connectivity index (χ0v) is 20.9. The van der Waals surface area contributed by atoms with Gasteiger partial charge in [0.2, 0.25) is 5.91 Å². The van der Waals surface area contributed by atoms with Crippen molar-refractivity contribution >= 4 is 11.8 Å². The predicted octanol–water partition coefficient (Wildman–Crippen LogP) is 4.58. The fraction of sp³-hybridized carbons (Fsp3) is 0.310. The minimum absolute atomic E-state index is 0.171. The number of hydrogen-bond acceptors (Lipinski definition) is 4. The second kappa shape index (κ2) is 12.6. The molecule has 0 saturated carbocycles. The number of likely N-dealkylation sites (N-methyl/N-ethyl adjacent to an activating group) is 1. The highest BCUT2D eigenvalue weighted by Crippen LogP contribution is 2.26. The summed E-state index contributed by atoms with van der Waals surface area (Å²) in [6.45, 7) is 4.24. The first-order valence-corrected chi connectivity index (χ1v) is 11.8. The number of hydrogen-bond donors (Lipinski definition) is 1. The van der Waals surface area contributed by atoms with E-state index in [-0.39, 0.29) is 30.9 Å². The first-order chi connectivity index (χ1) is 16.9. The normalized spacial score (nSPS) is 11.6. The van der Waals surface area contributed by atoms with Crippen LogP contribution in [0.25, 0.3) is 0 Å². The molecule has 0 saturated heterocycles. The summed E-state index contributed by atoms with van der Waals surface area (Å²) in [6, 6.07) is 24.2. The molecule has 3 rings (SSSR count). The van der Waals surface area contributed by atoms with Crippen molar-refractivity contribution in [3.05, 3.63) is 95.6 Å². The largest absolute Gasteiger partial charge is 0.497 e. The Balaban J connectivity index is 1.90. The quantitative estimate of drug-likeness (QED) is 0.442. The lowest BCUT2D eigenvalue weighted by Crippen LogP contribution is -2.51. The number of nitrogens with one attached hydrogen (secondary N) is 1. The maximum Gasteiger partial charge on any atom is 0.261 e. The lowest BCUT2D eigenvalue weighted by molar-refractivity contribution is -0.142. The van der Waals surface area contributed by atoms with Crippen LogP contribution in [0.2, 0.25) is 0 Å². The van der Waals surface area contributed by atoms with Crippen molar-refractivity contribution in [2.24, 2.45) is 0 Å². The average Bonchev–Trinajstić information content (AvgIpc) is 2.89.